The van der Waals surface area contributed by atoms with Crippen LogP contribution in [0.15, 0.2) is 0 Å². The molecule has 0 saturated heterocycles. The molecule has 30 heavy (non-hydrogen) atoms. The molecule has 0 heterocycles. The molecule has 0 aliphatic heterocycles. The SMILES string of the molecule is CC(C)CCCOC(=O)CCCCCCCCCC(C)(C)C(=O)OCCCC(C)C. The first-order valence-corrected chi connectivity index (χ1v) is 12.5. The second-order valence-electron chi connectivity index (χ2n) is 10.3. The van der Waals surface area contributed by atoms with Crippen LogP contribution in [-0.2, 0) is 19.1 Å². The maximum absolute atomic E-state index is 12.3. The number of ether oxygens (including phenoxy) is 2. The molecule has 4 heteroatoms. The van der Waals surface area contributed by atoms with E-state index in [-0.39, 0.29) is 17.4 Å². The second-order valence-corrected chi connectivity index (χ2v) is 10.3. The van der Waals surface area contributed by atoms with E-state index in [4.69, 9.17) is 9.47 Å². The number of hydrogen-bond acceptors (Lipinski definition) is 4. The minimum absolute atomic E-state index is 0.0444. The lowest BCUT2D eigenvalue weighted by Gasteiger charge is -2.22. The van der Waals surface area contributed by atoms with Crippen LogP contribution >= 0.6 is 0 Å². The summed E-state index contributed by atoms with van der Waals surface area (Å²) in [5.74, 6) is 1.23. The van der Waals surface area contributed by atoms with Crippen LogP contribution in [-0.4, -0.2) is 25.2 Å². The number of esters is 2. The average molecular weight is 427 g/mol. The highest BCUT2D eigenvalue weighted by Crippen LogP contribution is 2.26. The predicted octanol–water partition coefficient (Wildman–Crippen LogP) is 7.48. The molecular weight excluding hydrogens is 376 g/mol. The first kappa shape index (κ1) is 28.9. The van der Waals surface area contributed by atoms with Crippen LogP contribution in [0.2, 0.25) is 0 Å². The third-order valence-electron chi connectivity index (χ3n) is 5.58. The molecule has 0 fully saturated rings. The Morgan fingerprint density at radius 1 is 0.667 bits per heavy atom. The molecule has 0 bridgehead atoms. The van der Waals surface area contributed by atoms with Crippen molar-refractivity contribution < 1.29 is 19.1 Å². The molecule has 0 spiro atoms. The second kappa shape index (κ2) is 17.6. The lowest BCUT2D eigenvalue weighted by molar-refractivity contribution is -0.154. The topological polar surface area (TPSA) is 52.6 Å². The van der Waals surface area contributed by atoms with E-state index in [0.29, 0.717) is 31.5 Å². The smallest absolute Gasteiger partial charge is 0.311 e. The van der Waals surface area contributed by atoms with Gasteiger partial charge in [-0.15, -0.1) is 0 Å². The highest BCUT2D eigenvalue weighted by molar-refractivity contribution is 5.75. The summed E-state index contributed by atoms with van der Waals surface area (Å²) in [4.78, 5) is 23.9. The van der Waals surface area contributed by atoms with Gasteiger partial charge in [-0.2, -0.15) is 0 Å². The fraction of sp³-hybridized carbons (Fsp3) is 0.923. The molecule has 0 unspecified atom stereocenters. The lowest BCUT2D eigenvalue weighted by atomic mass is 9.87. The van der Waals surface area contributed by atoms with Crippen molar-refractivity contribution in [2.24, 2.45) is 17.3 Å². The first-order chi connectivity index (χ1) is 14.1. The summed E-state index contributed by atoms with van der Waals surface area (Å²) in [7, 11) is 0. The van der Waals surface area contributed by atoms with Gasteiger partial charge in [0.05, 0.1) is 18.6 Å². The van der Waals surface area contributed by atoms with Crippen LogP contribution in [0.3, 0.4) is 0 Å². The number of carbonyl (C=O) groups is 2. The van der Waals surface area contributed by atoms with Crippen LogP contribution in [0, 0.1) is 17.3 Å². The third-order valence-corrected chi connectivity index (χ3v) is 5.58. The van der Waals surface area contributed by atoms with Crippen molar-refractivity contribution in [1.29, 1.82) is 0 Å². The first-order valence-electron chi connectivity index (χ1n) is 12.5. The Morgan fingerprint density at radius 2 is 1.13 bits per heavy atom. The van der Waals surface area contributed by atoms with E-state index in [2.05, 4.69) is 27.7 Å². The molecule has 0 aromatic carbocycles. The van der Waals surface area contributed by atoms with Gasteiger partial charge in [0.15, 0.2) is 0 Å². The van der Waals surface area contributed by atoms with Gasteiger partial charge in [0.2, 0.25) is 0 Å². The summed E-state index contributed by atoms with van der Waals surface area (Å²) < 4.78 is 10.7. The fourth-order valence-electron chi connectivity index (χ4n) is 3.42. The van der Waals surface area contributed by atoms with E-state index < -0.39 is 0 Å². The van der Waals surface area contributed by atoms with E-state index in [1.165, 1.54) is 19.3 Å². The van der Waals surface area contributed by atoms with E-state index >= 15 is 0 Å². The van der Waals surface area contributed by atoms with Gasteiger partial charge in [-0.05, 0) is 64.2 Å². The highest BCUT2D eigenvalue weighted by Gasteiger charge is 2.28. The van der Waals surface area contributed by atoms with Crippen LogP contribution in [0.25, 0.3) is 0 Å². The zero-order valence-corrected chi connectivity index (χ0v) is 20.9. The molecule has 4 nitrogen and oxygen atoms in total. The Bertz CT molecular complexity index is 440. The average Bonchev–Trinajstić information content (AvgIpc) is 2.66. The Morgan fingerprint density at radius 3 is 1.67 bits per heavy atom. The Labute approximate surface area is 186 Å². The maximum atomic E-state index is 12.3. The van der Waals surface area contributed by atoms with Crippen LogP contribution in [0.5, 0.6) is 0 Å². The zero-order valence-electron chi connectivity index (χ0n) is 20.9. The van der Waals surface area contributed by atoms with Gasteiger partial charge in [0.1, 0.15) is 0 Å². The molecule has 0 aromatic heterocycles. The van der Waals surface area contributed by atoms with Crippen molar-refractivity contribution in [2.45, 2.75) is 125 Å². The maximum Gasteiger partial charge on any atom is 0.311 e. The molecule has 178 valence electrons. The summed E-state index contributed by atoms with van der Waals surface area (Å²) in [6.07, 6.45) is 13.4. The Hall–Kier alpha value is -1.06. The summed E-state index contributed by atoms with van der Waals surface area (Å²) >= 11 is 0. The van der Waals surface area contributed by atoms with Crippen molar-refractivity contribution in [3.8, 4) is 0 Å². The van der Waals surface area contributed by atoms with Gasteiger partial charge in [-0.25, -0.2) is 0 Å². The number of hydrogen-bond donors (Lipinski definition) is 0. The number of carbonyl (C=O) groups excluding carboxylic acids is 2. The lowest BCUT2D eigenvalue weighted by Crippen LogP contribution is -2.27. The summed E-state index contributed by atoms with van der Waals surface area (Å²) in [5, 5.41) is 0. The van der Waals surface area contributed by atoms with Crippen LogP contribution in [0.4, 0.5) is 0 Å². The normalized spacial score (nSPS) is 11.9. The molecular formula is C26H50O4. The Balaban J connectivity index is 3.56. The van der Waals surface area contributed by atoms with Crippen molar-refractivity contribution in [3.63, 3.8) is 0 Å². The number of rotatable bonds is 19. The van der Waals surface area contributed by atoms with Crippen molar-refractivity contribution >= 4 is 11.9 Å². The highest BCUT2D eigenvalue weighted by atomic mass is 16.5. The fourth-order valence-corrected chi connectivity index (χ4v) is 3.42. The third kappa shape index (κ3) is 17.8. The molecule has 0 N–H and O–H groups in total. The number of unbranched alkanes of at least 4 members (excludes halogenated alkanes) is 6. The van der Waals surface area contributed by atoms with Crippen molar-refractivity contribution in [3.05, 3.63) is 0 Å². The van der Waals surface area contributed by atoms with Gasteiger partial charge in [-0.1, -0.05) is 66.2 Å². The van der Waals surface area contributed by atoms with Crippen molar-refractivity contribution in [1.82, 2.24) is 0 Å². The standard InChI is InChI=1S/C26H50O4/c1-22(2)16-14-20-29-24(27)18-12-10-8-7-9-11-13-19-26(5,6)25(28)30-21-15-17-23(3)4/h22-23H,7-21H2,1-6H3. The largest absolute Gasteiger partial charge is 0.466 e. The van der Waals surface area contributed by atoms with Crippen molar-refractivity contribution in [2.75, 3.05) is 13.2 Å². The minimum atomic E-state index is -0.382. The van der Waals surface area contributed by atoms with Crippen LogP contribution < -0.4 is 0 Å². The van der Waals surface area contributed by atoms with Gasteiger partial charge in [0, 0.05) is 6.42 Å². The molecule has 0 radical (unpaired) electrons. The van der Waals surface area contributed by atoms with Gasteiger partial charge in [0.25, 0.3) is 0 Å². The van der Waals surface area contributed by atoms with E-state index in [0.717, 1.165) is 57.8 Å². The molecule has 0 saturated carbocycles. The van der Waals surface area contributed by atoms with Gasteiger partial charge in [-0.3, -0.25) is 9.59 Å². The van der Waals surface area contributed by atoms with Crippen LogP contribution in [0.1, 0.15) is 125 Å². The summed E-state index contributed by atoms with van der Waals surface area (Å²) in [6.45, 7) is 13.9. The van der Waals surface area contributed by atoms with E-state index in [1.807, 2.05) is 13.8 Å². The molecule has 0 aliphatic rings. The minimum Gasteiger partial charge on any atom is -0.466 e. The summed E-state index contributed by atoms with van der Waals surface area (Å²) in [5.41, 5.74) is -0.382. The zero-order chi connectivity index (χ0) is 22.8. The van der Waals surface area contributed by atoms with Gasteiger partial charge < -0.3 is 9.47 Å². The molecule has 0 rings (SSSR count). The molecule has 0 aliphatic carbocycles. The molecule has 0 aromatic rings. The summed E-state index contributed by atoms with van der Waals surface area (Å²) in [6, 6.07) is 0. The Kier molecular flexibility index (Phi) is 17.0. The molecule has 0 amide bonds. The van der Waals surface area contributed by atoms with E-state index in [1.54, 1.807) is 0 Å². The monoisotopic (exact) mass is 426 g/mol. The molecule has 0 atom stereocenters. The quantitative estimate of drug-likeness (QED) is 0.159. The predicted molar refractivity (Wildman–Crippen MR) is 125 cm³/mol. The van der Waals surface area contributed by atoms with E-state index in [9.17, 15) is 9.59 Å². The van der Waals surface area contributed by atoms with Gasteiger partial charge >= 0.3 is 11.9 Å².